The van der Waals surface area contributed by atoms with Crippen LogP contribution >= 0.6 is 0 Å². The standard InChI is InChI=1S/C16H27NO/c1-4-6-8-9-10-14-12-13-15(11-7-5-2)17-16(14)18-3/h12-13H,4-11H2,1-3H3. The van der Waals surface area contributed by atoms with Gasteiger partial charge in [0.2, 0.25) is 5.88 Å². The van der Waals surface area contributed by atoms with Crippen LogP contribution in [0.5, 0.6) is 5.88 Å². The second-order valence-corrected chi connectivity index (χ2v) is 4.89. The summed E-state index contributed by atoms with van der Waals surface area (Å²) in [6.07, 6.45) is 9.70. The molecule has 0 aliphatic rings. The van der Waals surface area contributed by atoms with E-state index in [2.05, 4.69) is 31.0 Å². The maximum atomic E-state index is 5.41. The van der Waals surface area contributed by atoms with E-state index >= 15 is 0 Å². The van der Waals surface area contributed by atoms with Gasteiger partial charge in [0.25, 0.3) is 0 Å². The molecule has 1 heterocycles. The molecule has 18 heavy (non-hydrogen) atoms. The van der Waals surface area contributed by atoms with Crippen molar-refractivity contribution < 1.29 is 4.74 Å². The zero-order valence-electron chi connectivity index (χ0n) is 12.2. The molecule has 0 radical (unpaired) electrons. The van der Waals surface area contributed by atoms with Crippen LogP contribution in [0, 0.1) is 0 Å². The fraction of sp³-hybridized carbons (Fsp3) is 0.688. The van der Waals surface area contributed by atoms with Crippen LogP contribution in [0.25, 0.3) is 0 Å². The zero-order valence-corrected chi connectivity index (χ0v) is 12.2. The van der Waals surface area contributed by atoms with Crippen LogP contribution in [-0.2, 0) is 12.8 Å². The predicted octanol–water partition coefficient (Wildman–Crippen LogP) is 4.56. The normalized spacial score (nSPS) is 10.6. The van der Waals surface area contributed by atoms with E-state index in [1.54, 1.807) is 7.11 Å². The van der Waals surface area contributed by atoms with Crippen LogP contribution in [0.1, 0.15) is 63.6 Å². The molecule has 0 N–H and O–H groups in total. The van der Waals surface area contributed by atoms with E-state index in [9.17, 15) is 0 Å². The third-order valence-electron chi connectivity index (χ3n) is 3.28. The molecule has 0 unspecified atom stereocenters. The first-order chi connectivity index (χ1) is 8.81. The summed E-state index contributed by atoms with van der Waals surface area (Å²) in [5, 5.41) is 0. The maximum absolute atomic E-state index is 5.41. The molecular weight excluding hydrogens is 222 g/mol. The fourth-order valence-electron chi connectivity index (χ4n) is 2.11. The van der Waals surface area contributed by atoms with Crippen LogP contribution in [0.4, 0.5) is 0 Å². The van der Waals surface area contributed by atoms with Crippen molar-refractivity contribution in [2.75, 3.05) is 7.11 Å². The number of nitrogens with zero attached hydrogens (tertiary/aromatic N) is 1. The van der Waals surface area contributed by atoms with Gasteiger partial charge in [-0.1, -0.05) is 45.6 Å². The molecule has 1 aromatic heterocycles. The van der Waals surface area contributed by atoms with E-state index in [1.165, 1.54) is 44.1 Å². The monoisotopic (exact) mass is 249 g/mol. The molecular formula is C16H27NO. The van der Waals surface area contributed by atoms with E-state index in [0.717, 1.165) is 24.4 Å². The summed E-state index contributed by atoms with van der Waals surface area (Å²) in [5.74, 6) is 0.833. The lowest BCUT2D eigenvalue weighted by atomic mass is 10.1. The highest BCUT2D eigenvalue weighted by Gasteiger charge is 2.06. The molecule has 0 atom stereocenters. The number of aryl methyl sites for hydroxylation is 2. The number of pyridine rings is 1. The Kier molecular flexibility index (Phi) is 7.47. The number of hydrogen-bond acceptors (Lipinski definition) is 2. The van der Waals surface area contributed by atoms with Gasteiger partial charge in [-0.25, -0.2) is 4.98 Å². The van der Waals surface area contributed by atoms with Gasteiger partial charge in [0.15, 0.2) is 0 Å². The number of methoxy groups -OCH3 is 1. The van der Waals surface area contributed by atoms with E-state index in [1.807, 2.05) is 0 Å². The van der Waals surface area contributed by atoms with Crippen molar-refractivity contribution in [2.24, 2.45) is 0 Å². The SMILES string of the molecule is CCCCCCc1ccc(CCCC)nc1OC. The summed E-state index contributed by atoms with van der Waals surface area (Å²) in [6.45, 7) is 4.45. The molecule has 2 heteroatoms. The van der Waals surface area contributed by atoms with Gasteiger partial charge in [-0.2, -0.15) is 0 Å². The lowest BCUT2D eigenvalue weighted by Gasteiger charge is -2.09. The third kappa shape index (κ3) is 5.07. The van der Waals surface area contributed by atoms with Gasteiger partial charge in [-0.05, 0) is 31.7 Å². The van der Waals surface area contributed by atoms with Crippen LogP contribution in [0.2, 0.25) is 0 Å². The molecule has 0 aliphatic heterocycles. The van der Waals surface area contributed by atoms with Crippen molar-refractivity contribution in [1.82, 2.24) is 4.98 Å². The first-order valence-electron chi connectivity index (χ1n) is 7.34. The van der Waals surface area contributed by atoms with Crippen LogP contribution < -0.4 is 4.74 Å². The van der Waals surface area contributed by atoms with Crippen molar-refractivity contribution in [1.29, 1.82) is 0 Å². The Morgan fingerprint density at radius 1 is 0.944 bits per heavy atom. The predicted molar refractivity (Wildman–Crippen MR) is 77.2 cm³/mol. The molecule has 0 amide bonds. The smallest absolute Gasteiger partial charge is 0.216 e. The second kappa shape index (κ2) is 8.96. The minimum Gasteiger partial charge on any atom is -0.481 e. The average molecular weight is 249 g/mol. The molecule has 1 rings (SSSR count). The summed E-state index contributed by atoms with van der Waals surface area (Å²) in [5.41, 5.74) is 2.42. The molecule has 0 bridgehead atoms. The van der Waals surface area contributed by atoms with E-state index in [4.69, 9.17) is 4.74 Å². The summed E-state index contributed by atoms with van der Waals surface area (Å²) >= 11 is 0. The maximum Gasteiger partial charge on any atom is 0.216 e. The Labute approximate surface area is 112 Å². The van der Waals surface area contributed by atoms with Crippen molar-refractivity contribution in [3.63, 3.8) is 0 Å². The Bertz CT molecular complexity index is 336. The lowest BCUT2D eigenvalue weighted by Crippen LogP contribution is -1.99. The molecule has 1 aromatic rings. The Balaban J connectivity index is 2.56. The number of aromatic nitrogens is 1. The Morgan fingerprint density at radius 2 is 1.72 bits per heavy atom. The number of ether oxygens (including phenoxy) is 1. The quantitative estimate of drug-likeness (QED) is 0.599. The summed E-state index contributed by atoms with van der Waals surface area (Å²) in [7, 11) is 1.72. The van der Waals surface area contributed by atoms with E-state index in [-0.39, 0.29) is 0 Å². The van der Waals surface area contributed by atoms with Gasteiger partial charge in [-0.3, -0.25) is 0 Å². The van der Waals surface area contributed by atoms with Gasteiger partial charge in [-0.15, -0.1) is 0 Å². The highest BCUT2D eigenvalue weighted by Crippen LogP contribution is 2.19. The van der Waals surface area contributed by atoms with Crippen molar-refractivity contribution in [3.05, 3.63) is 23.4 Å². The first kappa shape index (κ1) is 15.0. The molecule has 2 nitrogen and oxygen atoms in total. The highest BCUT2D eigenvalue weighted by atomic mass is 16.5. The number of rotatable bonds is 9. The number of hydrogen-bond donors (Lipinski definition) is 0. The zero-order chi connectivity index (χ0) is 13.2. The average Bonchev–Trinajstić information content (AvgIpc) is 2.42. The first-order valence-corrected chi connectivity index (χ1v) is 7.34. The summed E-state index contributed by atoms with van der Waals surface area (Å²) in [6, 6.07) is 4.36. The van der Waals surface area contributed by atoms with Crippen LogP contribution in [-0.4, -0.2) is 12.1 Å². The second-order valence-electron chi connectivity index (χ2n) is 4.89. The molecule has 0 spiro atoms. The third-order valence-corrected chi connectivity index (χ3v) is 3.28. The minimum atomic E-state index is 0.833. The Hall–Kier alpha value is -1.05. The van der Waals surface area contributed by atoms with Crippen LogP contribution in [0.15, 0.2) is 12.1 Å². The summed E-state index contributed by atoms with van der Waals surface area (Å²) < 4.78 is 5.41. The molecule has 0 fully saturated rings. The van der Waals surface area contributed by atoms with E-state index < -0.39 is 0 Å². The fourth-order valence-corrected chi connectivity index (χ4v) is 2.11. The van der Waals surface area contributed by atoms with Gasteiger partial charge in [0, 0.05) is 11.3 Å². The topological polar surface area (TPSA) is 22.1 Å². The molecule has 0 saturated heterocycles. The minimum absolute atomic E-state index is 0.833. The molecule has 0 aromatic carbocycles. The van der Waals surface area contributed by atoms with Gasteiger partial charge < -0.3 is 4.74 Å². The van der Waals surface area contributed by atoms with Crippen molar-refractivity contribution >= 4 is 0 Å². The van der Waals surface area contributed by atoms with E-state index in [0.29, 0.717) is 0 Å². The largest absolute Gasteiger partial charge is 0.481 e. The van der Waals surface area contributed by atoms with Gasteiger partial charge in [0.05, 0.1) is 7.11 Å². The van der Waals surface area contributed by atoms with Crippen LogP contribution in [0.3, 0.4) is 0 Å². The van der Waals surface area contributed by atoms with Gasteiger partial charge >= 0.3 is 0 Å². The lowest BCUT2D eigenvalue weighted by molar-refractivity contribution is 0.389. The number of unbranched alkanes of at least 4 members (excludes halogenated alkanes) is 4. The summed E-state index contributed by atoms with van der Waals surface area (Å²) in [4.78, 5) is 4.61. The molecule has 0 saturated carbocycles. The molecule has 102 valence electrons. The van der Waals surface area contributed by atoms with Crippen molar-refractivity contribution in [2.45, 2.75) is 65.2 Å². The highest BCUT2D eigenvalue weighted by molar-refractivity contribution is 5.28. The van der Waals surface area contributed by atoms with Gasteiger partial charge in [0.1, 0.15) is 0 Å². The molecule has 0 aliphatic carbocycles. The Morgan fingerprint density at radius 3 is 2.39 bits per heavy atom. The van der Waals surface area contributed by atoms with Crippen molar-refractivity contribution in [3.8, 4) is 5.88 Å².